The second-order valence-corrected chi connectivity index (χ2v) is 4.50. The van der Waals surface area contributed by atoms with Crippen molar-refractivity contribution in [1.82, 2.24) is 0 Å². The lowest BCUT2D eigenvalue weighted by Gasteiger charge is -2.19. The summed E-state index contributed by atoms with van der Waals surface area (Å²) in [5.41, 5.74) is 0.231. The molecule has 0 N–H and O–H groups in total. The predicted octanol–water partition coefficient (Wildman–Crippen LogP) is 2.20. The van der Waals surface area contributed by atoms with E-state index in [1.165, 1.54) is 23.1 Å². The summed E-state index contributed by atoms with van der Waals surface area (Å²) in [6.45, 7) is -0.974. The Kier molecular flexibility index (Phi) is 4.72. The van der Waals surface area contributed by atoms with Gasteiger partial charge in [0.15, 0.2) is 0 Å². The number of ether oxygens (including phenoxy) is 2. The van der Waals surface area contributed by atoms with E-state index in [2.05, 4.69) is 4.74 Å². The molecule has 1 aliphatic rings. The van der Waals surface area contributed by atoms with Gasteiger partial charge in [-0.25, -0.2) is 0 Å². The molecular formula is C14H15F2NO4. The van der Waals surface area contributed by atoms with Crippen LogP contribution in [0.25, 0.3) is 0 Å². The van der Waals surface area contributed by atoms with Gasteiger partial charge in [0.2, 0.25) is 5.91 Å². The second-order valence-electron chi connectivity index (χ2n) is 4.50. The van der Waals surface area contributed by atoms with Crippen LogP contribution in [-0.2, 0) is 14.3 Å². The van der Waals surface area contributed by atoms with E-state index in [4.69, 9.17) is 4.74 Å². The number of alkyl halides is 2. The number of rotatable bonds is 5. The summed E-state index contributed by atoms with van der Waals surface area (Å²) >= 11 is 0. The third-order valence-electron chi connectivity index (χ3n) is 3.12. The smallest absolute Gasteiger partial charge is 0.387 e. The van der Waals surface area contributed by atoms with Crippen molar-refractivity contribution in [2.45, 2.75) is 20.0 Å². The van der Waals surface area contributed by atoms with Crippen molar-refractivity contribution in [2.24, 2.45) is 5.92 Å². The van der Waals surface area contributed by atoms with Gasteiger partial charge in [0, 0.05) is 13.0 Å². The van der Waals surface area contributed by atoms with Crippen molar-refractivity contribution in [3.8, 4) is 5.75 Å². The van der Waals surface area contributed by atoms with Crippen molar-refractivity contribution in [3.05, 3.63) is 24.3 Å². The maximum atomic E-state index is 12.4. The van der Waals surface area contributed by atoms with Gasteiger partial charge < -0.3 is 14.4 Å². The highest BCUT2D eigenvalue weighted by atomic mass is 19.3. The average Bonchev–Trinajstić information content (AvgIpc) is 2.81. The molecular weight excluding hydrogens is 284 g/mol. The summed E-state index contributed by atoms with van der Waals surface area (Å²) < 4.78 is 34.1. The van der Waals surface area contributed by atoms with Crippen LogP contribution < -0.4 is 9.64 Å². The molecule has 1 fully saturated rings. The van der Waals surface area contributed by atoms with Crippen molar-refractivity contribution in [2.75, 3.05) is 18.1 Å². The Morgan fingerprint density at radius 2 is 2.14 bits per heavy atom. The van der Waals surface area contributed by atoms with Crippen LogP contribution in [0.15, 0.2) is 24.3 Å². The fourth-order valence-electron chi connectivity index (χ4n) is 2.23. The van der Waals surface area contributed by atoms with Gasteiger partial charge in [-0.1, -0.05) is 12.1 Å². The van der Waals surface area contributed by atoms with Crippen LogP contribution in [0.4, 0.5) is 14.5 Å². The van der Waals surface area contributed by atoms with Crippen molar-refractivity contribution >= 4 is 17.6 Å². The SMILES string of the molecule is CCOC(=O)C1CC(=O)N(c2ccccc2OC(F)F)C1. The van der Waals surface area contributed by atoms with E-state index in [0.717, 1.165) is 0 Å². The Hall–Kier alpha value is -2.18. The van der Waals surface area contributed by atoms with Gasteiger partial charge in [-0.2, -0.15) is 8.78 Å². The molecule has 2 rings (SSSR count). The number of amides is 1. The largest absolute Gasteiger partial charge is 0.466 e. The molecule has 1 atom stereocenters. The minimum Gasteiger partial charge on any atom is -0.466 e. The molecule has 0 radical (unpaired) electrons. The maximum Gasteiger partial charge on any atom is 0.387 e. The fraction of sp³-hybridized carbons (Fsp3) is 0.429. The third kappa shape index (κ3) is 3.48. The molecule has 21 heavy (non-hydrogen) atoms. The van der Waals surface area contributed by atoms with Crippen LogP contribution in [0.5, 0.6) is 5.75 Å². The minimum absolute atomic E-state index is 0.00183. The van der Waals surface area contributed by atoms with Crippen molar-refractivity contribution in [3.63, 3.8) is 0 Å². The number of carbonyl (C=O) groups excluding carboxylic acids is 2. The molecule has 1 saturated heterocycles. The van der Waals surface area contributed by atoms with Crippen molar-refractivity contribution < 1.29 is 27.8 Å². The van der Waals surface area contributed by atoms with E-state index in [9.17, 15) is 18.4 Å². The van der Waals surface area contributed by atoms with Gasteiger partial charge in [-0.05, 0) is 19.1 Å². The van der Waals surface area contributed by atoms with Crippen LogP contribution in [0.3, 0.4) is 0 Å². The van der Waals surface area contributed by atoms with Crippen LogP contribution in [0.2, 0.25) is 0 Å². The first-order chi connectivity index (χ1) is 10.0. The summed E-state index contributed by atoms with van der Waals surface area (Å²) in [4.78, 5) is 25.0. The highest BCUT2D eigenvalue weighted by Crippen LogP contribution is 2.34. The Morgan fingerprint density at radius 1 is 1.43 bits per heavy atom. The van der Waals surface area contributed by atoms with E-state index in [1.54, 1.807) is 13.0 Å². The van der Waals surface area contributed by atoms with E-state index in [0.29, 0.717) is 0 Å². The lowest BCUT2D eigenvalue weighted by molar-refractivity contribution is -0.147. The highest BCUT2D eigenvalue weighted by Gasteiger charge is 2.37. The monoisotopic (exact) mass is 299 g/mol. The van der Waals surface area contributed by atoms with Gasteiger partial charge >= 0.3 is 12.6 Å². The van der Waals surface area contributed by atoms with Crippen LogP contribution >= 0.6 is 0 Å². The molecule has 5 nitrogen and oxygen atoms in total. The number of hydrogen-bond donors (Lipinski definition) is 0. The number of esters is 1. The quantitative estimate of drug-likeness (QED) is 0.782. The number of hydrogen-bond acceptors (Lipinski definition) is 4. The number of nitrogens with zero attached hydrogens (tertiary/aromatic N) is 1. The first-order valence-electron chi connectivity index (χ1n) is 6.53. The van der Waals surface area contributed by atoms with E-state index in [-0.39, 0.29) is 36.9 Å². The molecule has 1 heterocycles. The molecule has 114 valence electrons. The zero-order chi connectivity index (χ0) is 15.4. The number of anilines is 1. The zero-order valence-electron chi connectivity index (χ0n) is 11.4. The van der Waals surface area contributed by atoms with Gasteiger partial charge in [0.1, 0.15) is 5.75 Å². The van der Waals surface area contributed by atoms with Gasteiger partial charge in [0.05, 0.1) is 18.2 Å². The molecule has 1 aromatic carbocycles. The highest BCUT2D eigenvalue weighted by molar-refractivity contribution is 6.00. The molecule has 0 saturated carbocycles. The molecule has 7 heteroatoms. The van der Waals surface area contributed by atoms with E-state index < -0.39 is 18.5 Å². The third-order valence-corrected chi connectivity index (χ3v) is 3.12. The standard InChI is InChI=1S/C14H15F2NO4/c1-2-20-13(19)9-7-12(18)17(8-9)10-5-3-4-6-11(10)21-14(15)16/h3-6,9,14H,2,7-8H2,1H3. The minimum atomic E-state index is -2.98. The Balaban J connectivity index is 2.19. The molecule has 1 amide bonds. The Labute approximate surface area is 120 Å². The molecule has 1 aliphatic heterocycles. The molecule has 0 aromatic heterocycles. The average molecular weight is 299 g/mol. The number of para-hydroxylation sites is 2. The number of benzene rings is 1. The molecule has 0 bridgehead atoms. The molecule has 0 aliphatic carbocycles. The van der Waals surface area contributed by atoms with E-state index >= 15 is 0 Å². The summed E-state index contributed by atoms with van der Waals surface area (Å²) in [6, 6.07) is 6.00. The molecule has 1 unspecified atom stereocenters. The lowest BCUT2D eigenvalue weighted by atomic mass is 10.1. The first kappa shape index (κ1) is 15.2. The Bertz CT molecular complexity index is 535. The van der Waals surface area contributed by atoms with Gasteiger partial charge in [0.25, 0.3) is 0 Å². The van der Waals surface area contributed by atoms with Crippen molar-refractivity contribution in [1.29, 1.82) is 0 Å². The lowest BCUT2D eigenvalue weighted by Crippen LogP contribution is -2.27. The summed E-state index contributed by atoms with van der Waals surface area (Å²) in [5.74, 6) is -1.46. The van der Waals surface area contributed by atoms with Crippen LogP contribution in [0.1, 0.15) is 13.3 Å². The second kappa shape index (κ2) is 6.51. The molecule has 1 aromatic rings. The normalized spacial score (nSPS) is 18.2. The van der Waals surface area contributed by atoms with E-state index in [1.807, 2.05) is 0 Å². The summed E-state index contributed by atoms with van der Waals surface area (Å²) in [6.07, 6.45) is 0.00183. The van der Waals surface area contributed by atoms with Crippen LogP contribution in [-0.4, -0.2) is 31.6 Å². The predicted molar refractivity (Wildman–Crippen MR) is 70.2 cm³/mol. The topological polar surface area (TPSA) is 55.8 Å². The van der Waals surface area contributed by atoms with Crippen LogP contribution in [0, 0.1) is 5.92 Å². The fourth-order valence-corrected chi connectivity index (χ4v) is 2.23. The first-order valence-corrected chi connectivity index (χ1v) is 6.53. The summed E-state index contributed by atoms with van der Waals surface area (Å²) in [5, 5.41) is 0. The van der Waals surface area contributed by atoms with Gasteiger partial charge in [-0.15, -0.1) is 0 Å². The maximum absolute atomic E-state index is 12.4. The molecule has 0 spiro atoms. The number of halogens is 2. The van der Waals surface area contributed by atoms with Gasteiger partial charge in [-0.3, -0.25) is 9.59 Å². The Morgan fingerprint density at radius 3 is 2.81 bits per heavy atom. The zero-order valence-corrected chi connectivity index (χ0v) is 11.4. The summed E-state index contributed by atoms with van der Waals surface area (Å²) in [7, 11) is 0. The number of carbonyl (C=O) groups is 2.